The van der Waals surface area contributed by atoms with Crippen LogP contribution in [0.2, 0.25) is 0 Å². The molecule has 2 N–H and O–H groups in total. The summed E-state index contributed by atoms with van der Waals surface area (Å²) in [5.74, 6) is 1.11. The zero-order valence-corrected chi connectivity index (χ0v) is 15.2. The molecule has 0 heterocycles. The van der Waals surface area contributed by atoms with Crippen LogP contribution in [0.25, 0.3) is 10.8 Å². The predicted molar refractivity (Wildman–Crippen MR) is 108 cm³/mol. The first kappa shape index (κ1) is 17.8. The van der Waals surface area contributed by atoms with Crippen LogP contribution in [0.15, 0.2) is 66.7 Å². The standard InChI is InChI=1S/C22H24N2O2/c1-16(2)15-26-21-10-6-5-9-20(21)23-14-22(25)24-19-12-11-17-7-3-4-8-18(17)13-19/h3-13,16,23H,14-15H2,1-2H3,(H,24,25). The van der Waals surface area contributed by atoms with Crippen LogP contribution in [0.1, 0.15) is 13.8 Å². The molecule has 1 amide bonds. The van der Waals surface area contributed by atoms with Gasteiger partial charge in [-0.2, -0.15) is 0 Å². The first-order valence-corrected chi connectivity index (χ1v) is 8.86. The Kier molecular flexibility index (Phi) is 5.74. The minimum absolute atomic E-state index is 0.0982. The van der Waals surface area contributed by atoms with Crippen molar-refractivity contribution in [2.75, 3.05) is 23.8 Å². The summed E-state index contributed by atoms with van der Waals surface area (Å²) >= 11 is 0. The Morgan fingerprint density at radius 1 is 0.962 bits per heavy atom. The molecular formula is C22H24N2O2. The number of amides is 1. The quantitative estimate of drug-likeness (QED) is 0.637. The number of anilines is 2. The van der Waals surface area contributed by atoms with Crippen molar-refractivity contribution in [1.82, 2.24) is 0 Å². The number of nitrogens with one attached hydrogen (secondary N) is 2. The number of fused-ring (bicyclic) bond motifs is 1. The summed E-state index contributed by atoms with van der Waals surface area (Å²) in [6.45, 7) is 5.02. The van der Waals surface area contributed by atoms with Gasteiger partial charge < -0.3 is 15.4 Å². The Labute approximate surface area is 154 Å². The second kappa shape index (κ2) is 8.39. The molecule has 0 aliphatic carbocycles. The van der Waals surface area contributed by atoms with Crippen LogP contribution in [-0.2, 0) is 4.79 Å². The van der Waals surface area contributed by atoms with E-state index in [0.29, 0.717) is 12.5 Å². The normalized spacial score (nSPS) is 10.7. The lowest BCUT2D eigenvalue weighted by Gasteiger charge is -2.14. The number of hydrogen-bond acceptors (Lipinski definition) is 3. The highest BCUT2D eigenvalue weighted by molar-refractivity contribution is 5.96. The molecule has 0 bridgehead atoms. The van der Waals surface area contributed by atoms with E-state index in [4.69, 9.17) is 4.74 Å². The lowest BCUT2D eigenvalue weighted by molar-refractivity contribution is -0.114. The minimum Gasteiger partial charge on any atom is -0.491 e. The van der Waals surface area contributed by atoms with E-state index in [1.165, 1.54) is 0 Å². The number of rotatable bonds is 7. The second-order valence-corrected chi connectivity index (χ2v) is 6.66. The van der Waals surface area contributed by atoms with Gasteiger partial charge >= 0.3 is 0 Å². The lowest BCUT2D eigenvalue weighted by atomic mass is 10.1. The van der Waals surface area contributed by atoms with Gasteiger partial charge in [0.25, 0.3) is 0 Å². The van der Waals surface area contributed by atoms with Crippen LogP contribution in [0.5, 0.6) is 5.75 Å². The van der Waals surface area contributed by atoms with E-state index in [1.807, 2.05) is 60.7 Å². The highest BCUT2D eigenvalue weighted by Gasteiger charge is 2.07. The topological polar surface area (TPSA) is 50.4 Å². The highest BCUT2D eigenvalue weighted by atomic mass is 16.5. The molecule has 3 aromatic carbocycles. The molecule has 26 heavy (non-hydrogen) atoms. The molecule has 0 aromatic heterocycles. The van der Waals surface area contributed by atoms with Crippen molar-refractivity contribution in [3.8, 4) is 5.75 Å². The maximum atomic E-state index is 12.3. The third-order valence-corrected chi connectivity index (χ3v) is 3.93. The summed E-state index contributed by atoms with van der Waals surface area (Å²) < 4.78 is 5.80. The highest BCUT2D eigenvalue weighted by Crippen LogP contribution is 2.24. The number of carbonyl (C=O) groups excluding carboxylic acids is 1. The minimum atomic E-state index is -0.0982. The molecule has 0 saturated carbocycles. The van der Waals surface area contributed by atoms with Gasteiger partial charge in [0.15, 0.2) is 0 Å². The van der Waals surface area contributed by atoms with Crippen LogP contribution in [0.3, 0.4) is 0 Å². The van der Waals surface area contributed by atoms with Crippen LogP contribution < -0.4 is 15.4 Å². The summed E-state index contributed by atoms with van der Waals surface area (Å²) in [5, 5.41) is 8.34. The molecule has 0 spiro atoms. The Bertz CT molecular complexity index is 890. The second-order valence-electron chi connectivity index (χ2n) is 6.66. The van der Waals surface area contributed by atoms with Gasteiger partial charge in [-0.15, -0.1) is 0 Å². The zero-order valence-electron chi connectivity index (χ0n) is 15.2. The molecule has 0 unspecified atom stereocenters. The first-order valence-electron chi connectivity index (χ1n) is 8.86. The van der Waals surface area contributed by atoms with E-state index in [2.05, 4.69) is 30.5 Å². The zero-order chi connectivity index (χ0) is 18.4. The van der Waals surface area contributed by atoms with Crippen molar-refractivity contribution in [1.29, 1.82) is 0 Å². The van der Waals surface area contributed by atoms with E-state index in [0.717, 1.165) is 27.9 Å². The predicted octanol–water partition coefficient (Wildman–Crippen LogP) is 4.93. The van der Waals surface area contributed by atoms with Crippen molar-refractivity contribution in [3.63, 3.8) is 0 Å². The van der Waals surface area contributed by atoms with E-state index in [1.54, 1.807) is 0 Å². The van der Waals surface area contributed by atoms with Crippen LogP contribution in [-0.4, -0.2) is 19.1 Å². The average Bonchev–Trinajstić information content (AvgIpc) is 2.65. The van der Waals surface area contributed by atoms with Crippen LogP contribution in [0, 0.1) is 5.92 Å². The van der Waals surface area contributed by atoms with Gasteiger partial charge in [-0.1, -0.05) is 56.3 Å². The molecular weight excluding hydrogens is 324 g/mol. The van der Waals surface area contributed by atoms with Crippen molar-refractivity contribution >= 4 is 28.1 Å². The van der Waals surface area contributed by atoms with Gasteiger partial charge in [0, 0.05) is 5.69 Å². The van der Waals surface area contributed by atoms with Gasteiger partial charge in [0.1, 0.15) is 5.75 Å². The fourth-order valence-corrected chi connectivity index (χ4v) is 2.64. The Morgan fingerprint density at radius 2 is 1.69 bits per heavy atom. The summed E-state index contributed by atoms with van der Waals surface area (Å²) in [7, 11) is 0. The number of ether oxygens (including phenoxy) is 1. The first-order chi connectivity index (χ1) is 12.6. The fourth-order valence-electron chi connectivity index (χ4n) is 2.64. The van der Waals surface area contributed by atoms with E-state index in [-0.39, 0.29) is 12.5 Å². The SMILES string of the molecule is CC(C)COc1ccccc1NCC(=O)Nc1ccc2ccccc2c1. The largest absolute Gasteiger partial charge is 0.491 e. The number of carbonyl (C=O) groups is 1. The molecule has 3 rings (SSSR count). The molecule has 3 aromatic rings. The van der Waals surface area contributed by atoms with E-state index in [9.17, 15) is 4.79 Å². The molecule has 0 aliphatic rings. The maximum absolute atomic E-state index is 12.3. The molecule has 0 saturated heterocycles. The molecule has 0 fully saturated rings. The third kappa shape index (κ3) is 4.76. The van der Waals surface area contributed by atoms with Crippen molar-refractivity contribution in [2.45, 2.75) is 13.8 Å². The monoisotopic (exact) mass is 348 g/mol. The Hall–Kier alpha value is -3.01. The molecule has 0 radical (unpaired) electrons. The molecule has 4 nitrogen and oxygen atoms in total. The van der Waals surface area contributed by atoms with Crippen molar-refractivity contribution in [3.05, 3.63) is 66.7 Å². The fraction of sp³-hybridized carbons (Fsp3) is 0.227. The number of para-hydroxylation sites is 2. The van der Waals surface area contributed by atoms with Gasteiger partial charge in [0.2, 0.25) is 5.91 Å². The summed E-state index contributed by atoms with van der Waals surface area (Å²) in [5.41, 5.74) is 1.61. The molecule has 134 valence electrons. The maximum Gasteiger partial charge on any atom is 0.243 e. The lowest BCUT2D eigenvalue weighted by Crippen LogP contribution is -2.22. The number of benzene rings is 3. The average molecular weight is 348 g/mol. The van der Waals surface area contributed by atoms with Crippen molar-refractivity contribution < 1.29 is 9.53 Å². The van der Waals surface area contributed by atoms with E-state index < -0.39 is 0 Å². The van der Waals surface area contributed by atoms with Crippen LogP contribution in [0.4, 0.5) is 11.4 Å². The summed E-state index contributed by atoms with van der Waals surface area (Å²) in [4.78, 5) is 12.3. The Balaban J connectivity index is 1.60. The van der Waals surface area contributed by atoms with Crippen LogP contribution >= 0.6 is 0 Å². The molecule has 0 atom stereocenters. The van der Waals surface area contributed by atoms with E-state index >= 15 is 0 Å². The van der Waals surface area contributed by atoms with Gasteiger partial charge in [-0.25, -0.2) is 0 Å². The third-order valence-electron chi connectivity index (χ3n) is 3.93. The van der Waals surface area contributed by atoms with Gasteiger partial charge in [-0.3, -0.25) is 4.79 Å². The molecule has 0 aliphatic heterocycles. The number of hydrogen-bond donors (Lipinski definition) is 2. The van der Waals surface area contributed by atoms with Crippen molar-refractivity contribution in [2.24, 2.45) is 5.92 Å². The molecule has 4 heteroatoms. The smallest absolute Gasteiger partial charge is 0.243 e. The van der Waals surface area contributed by atoms with Gasteiger partial charge in [-0.05, 0) is 41.0 Å². The summed E-state index contributed by atoms with van der Waals surface area (Å²) in [6.07, 6.45) is 0. The van der Waals surface area contributed by atoms with Gasteiger partial charge in [0.05, 0.1) is 18.8 Å². The summed E-state index contributed by atoms with van der Waals surface area (Å²) in [6, 6.07) is 21.7. The Morgan fingerprint density at radius 3 is 2.50 bits per heavy atom.